The molecular formula is C19H32N6O3. The van der Waals surface area contributed by atoms with E-state index < -0.39 is 12.1 Å². The minimum Gasteiger partial charge on any atom is -0.396 e. The van der Waals surface area contributed by atoms with Crippen LogP contribution >= 0.6 is 0 Å². The predicted molar refractivity (Wildman–Crippen MR) is 108 cm³/mol. The molecule has 2 amide bonds. The molecule has 28 heavy (non-hydrogen) atoms. The van der Waals surface area contributed by atoms with Gasteiger partial charge in [0, 0.05) is 32.0 Å². The predicted octanol–water partition coefficient (Wildman–Crippen LogP) is -0.117. The molecule has 1 fully saturated rings. The molecule has 0 aliphatic carbocycles. The van der Waals surface area contributed by atoms with Crippen LogP contribution in [0.3, 0.4) is 0 Å². The quantitative estimate of drug-likeness (QED) is 0.301. The van der Waals surface area contributed by atoms with Gasteiger partial charge in [-0.25, -0.2) is 5.84 Å². The number of hydrogen-bond acceptors (Lipinski definition) is 7. The van der Waals surface area contributed by atoms with Crippen molar-refractivity contribution in [2.75, 3.05) is 13.6 Å². The van der Waals surface area contributed by atoms with Gasteiger partial charge < -0.3 is 26.1 Å². The second-order valence-electron chi connectivity index (χ2n) is 7.07. The molecular weight excluding hydrogens is 360 g/mol. The van der Waals surface area contributed by atoms with Crippen molar-refractivity contribution < 1.29 is 14.7 Å². The van der Waals surface area contributed by atoms with Crippen molar-refractivity contribution in [2.24, 2.45) is 17.5 Å². The van der Waals surface area contributed by atoms with E-state index in [-0.39, 0.29) is 17.9 Å². The highest BCUT2D eigenvalue weighted by Gasteiger charge is 2.37. The van der Waals surface area contributed by atoms with E-state index in [0.717, 1.165) is 0 Å². The van der Waals surface area contributed by atoms with E-state index in [2.05, 4.69) is 10.3 Å². The molecule has 9 nitrogen and oxygen atoms in total. The van der Waals surface area contributed by atoms with Gasteiger partial charge in [0.1, 0.15) is 6.04 Å². The maximum Gasteiger partial charge on any atom is 0.247 e. The van der Waals surface area contributed by atoms with Gasteiger partial charge >= 0.3 is 0 Å². The molecule has 156 valence electrons. The first-order valence-electron chi connectivity index (χ1n) is 9.24. The Morgan fingerprint density at radius 2 is 2.11 bits per heavy atom. The zero-order valence-electron chi connectivity index (χ0n) is 16.9. The van der Waals surface area contributed by atoms with Crippen LogP contribution in [0.25, 0.3) is 5.70 Å². The minimum absolute atomic E-state index is 0.000679. The molecule has 0 bridgehead atoms. The van der Waals surface area contributed by atoms with Crippen molar-refractivity contribution in [3.05, 3.63) is 36.3 Å². The minimum atomic E-state index is -0.556. The molecule has 2 rings (SSSR count). The summed E-state index contributed by atoms with van der Waals surface area (Å²) in [5.74, 6) is 6.04. The largest absolute Gasteiger partial charge is 0.396 e. The number of amides is 2. The average molecular weight is 393 g/mol. The van der Waals surface area contributed by atoms with E-state index in [0.29, 0.717) is 30.8 Å². The Kier molecular flexibility index (Phi) is 9.40. The monoisotopic (exact) mass is 392 g/mol. The first kappa shape index (κ1) is 23.4. The van der Waals surface area contributed by atoms with Crippen LogP contribution in [0.4, 0.5) is 0 Å². The third-order valence-electron chi connectivity index (χ3n) is 4.41. The van der Waals surface area contributed by atoms with Crippen molar-refractivity contribution in [1.82, 2.24) is 20.2 Å². The van der Waals surface area contributed by atoms with Gasteiger partial charge in [0.15, 0.2) is 0 Å². The normalized spacial score (nSPS) is 20.2. The topological polar surface area (TPSA) is 138 Å². The fourth-order valence-electron chi connectivity index (χ4n) is 3.08. The number of β-amino-alcohol motifs (C(OH)–C–C–N with tert-alkyl or cyclic N) is 1. The number of carbonyl (C=O) groups excluding carboxylic acids is 2. The smallest absolute Gasteiger partial charge is 0.247 e. The summed E-state index contributed by atoms with van der Waals surface area (Å²) in [6.45, 7) is 6.15. The van der Waals surface area contributed by atoms with Crippen LogP contribution < -0.4 is 16.9 Å². The lowest BCUT2D eigenvalue weighted by Gasteiger charge is -2.33. The molecule has 1 aliphatic rings. The lowest BCUT2D eigenvalue weighted by atomic mass is 10.0. The molecule has 6 N–H and O–H groups in total. The Morgan fingerprint density at radius 3 is 2.54 bits per heavy atom. The molecule has 2 heterocycles. The lowest BCUT2D eigenvalue weighted by molar-refractivity contribution is -0.138. The summed E-state index contributed by atoms with van der Waals surface area (Å²) in [6, 6.07) is 4.86. The first-order chi connectivity index (χ1) is 13.2. The highest BCUT2D eigenvalue weighted by molar-refractivity contribution is 5.83. The molecule has 0 aromatic carbocycles. The van der Waals surface area contributed by atoms with Crippen LogP contribution in [0, 0.1) is 5.92 Å². The fourth-order valence-corrected chi connectivity index (χ4v) is 3.08. The number of nitrogens with zero attached hydrogens (tertiary/aromatic N) is 3. The SMILES string of the molecule is CC(C)C(C(=O)N1CC(O)CC1C)N(N)/C=C(\N)c1ccccn1.CNC=O. The van der Waals surface area contributed by atoms with Crippen LogP contribution in [0.5, 0.6) is 0 Å². The molecule has 1 aromatic rings. The van der Waals surface area contributed by atoms with Crippen LogP contribution in [0.15, 0.2) is 30.6 Å². The van der Waals surface area contributed by atoms with Gasteiger partial charge in [0.25, 0.3) is 0 Å². The number of rotatable bonds is 6. The second-order valence-corrected chi connectivity index (χ2v) is 7.07. The van der Waals surface area contributed by atoms with Gasteiger partial charge in [-0.05, 0) is 31.4 Å². The summed E-state index contributed by atoms with van der Waals surface area (Å²) in [7, 11) is 1.56. The number of pyridine rings is 1. The zero-order chi connectivity index (χ0) is 21.3. The summed E-state index contributed by atoms with van der Waals surface area (Å²) in [4.78, 5) is 27.8. The second kappa shape index (κ2) is 11.3. The van der Waals surface area contributed by atoms with Crippen LogP contribution in [0.1, 0.15) is 32.9 Å². The van der Waals surface area contributed by atoms with E-state index in [9.17, 15) is 9.90 Å². The Balaban J connectivity index is 0.000000892. The highest BCUT2D eigenvalue weighted by Crippen LogP contribution is 2.22. The summed E-state index contributed by atoms with van der Waals surface area (Å²) in [5, 5.41) is 13.4. The van der Waals surface area contributed by atoms with Gasteiger partial charge in [-0.1, -0.05) is 19.9 Å². The summed E-state index contributed by atoms with van der Waals surface area (Å²) in [6.07, 6.45) is 3.93. The Labute approximate surface area is 166 Å². The van der Waals surface area contributed by atoms with Crippen molar-refractivity contribution in [2.45, 2.75) is 45.4 Å². The Bertz CT molecular complexity index is 652. The number of aliphatic hydroxyl groups excluding tert-OH is 1. The fraction of sp³-hybridized carbons (Fsp3) is 0.526. The number of nitrogens with two attached hydrogens (primary N) is 2. The van der Waals surface area contributed by atoms with E-state index in [4.69, 9.17) is 16.4 Å². The van der Waals surface area contributed by atoms with Crippen molar-refractivity contribution in [3.63, 3.8) is 0 Å². The third kappa shape index (κ3) is 6.50. The molecule has 0 saturated carbocycles. The van der Waals surface area contributed by atoms with Crippen molar-refractivity contribution in [3.8, 4) is 0 Å². The number of nitrogens with one attached hydrogen (secondary N) is 1. The summed E-state index contributed by atoms with van der Waals surface area (Å²) >= 11 is 0. The van der Waals surface area contributed by atoms with Crippen molar-refractivity contribution in [1.29, 1.82) is 0 Å². The molecule has 1 aliphatic heterocycles. The Hall–Kier alpha value is -2.65. The number of hydrogen-bond donors (Lipinski definition) is 4. The molecule has 1 aromatic heterocycles. The average Bonchev–Trinajstić information content (AvgIpc) is 3.00. The third-order valence-corrected chi connectivity index (χ3v) is 4.41. The van der Waals surface area contributed by atoms with Gasteiger partial charge in [-0.2, -0.15) is 0 Å². The number of likely N-dealkylation sites (tertiary alicyclic amines) is 1. The standard InChI is InChI=1S/C17H27N5O2.C2H5NO/c1-11(2)16(17(24)21-9-13(23)8-12(21)3)22(19)10-14(18)15-6-4-5-7-20-15;1-3-2-4/h4-7,10-13,16,23H,8-9,18-19H2,1-3H3;2H,1H3,(H,3,4)/b14-10-;. The van der Waals surface area contributed by atoms with Gasteiger partial charge in [0.05, 0.1) is 17.5 Å². The maximum atomic E-state index is 12.9. The summed E-state index contributed by atoms with van der Waals surface area (Å²) < 4.78 is 0. The van der Waals surface area contributed by atoms with Crippen molar-refractivity contribution >= 4 is 18.0 Å². The van der Waals surface area contributed by atoms with Gasteiger partial charge in [-0.3, -0.25) is 14.6 Å². The van der Waals surface area contributed by atoms with Crippen LogP contribution in [0.2, 0.25) is 0 Å². The maximum absolute atomic E-state index is 12.9. The molecule has 1 saturated heterocycles. The number of carbonyl (C=O) groups is 2. The molecule has 0 radical (unpaired) electrons. The van der Waals surface area contributed by atoms with E-state index in [1.807, 2.05) is 26.8 Å². The van der Waals surface area contributed by atoms with Gasteiger partial charge in [0.2, 0.25) is 12.3 Å². The number of hydrazine groups is 1. The number of aromatic nitrogens is 1. The summed E-state index contributed by atoms with van der Waals surface area (Å²) in [5.41, 5.74) is 7.05. The number of aliphatic hydroxyl groups is 1. The zero-order valence-corrected chi connectivity index (χ0v) is 16.9. The van der Waals surface area contributed by atoms with E-state index in [1.165, 1.54) is 5.01 Å². The molecule has 0 spiro atoms. The lowest BCUT2D eigenvalue weighted by Crippen LogP contribution is -2.53. The van der Waals surface area contributed by atoms with E-state index >= 15 is 0 Å². The van der Waals surface area contributed by atoms with Crippen LogP contribution in [-0.4, -0.2) is 64.1 Å². The van der Waals surface area contributed by atoms with Gasteiger partial charge in [-0.15, -0.1) is 0 Å². The highest BCUT2D eigenvalue weighted by atomic mass is 16.3. The molecule has 3 unspecified atom stereocenters. The van der Waals surface area contributed by atoms with Crippen LogP contribution in [-0.2, 0) is 9.59 Å². The van der Waals surface area contributed by atoms with E-state index in [1.54, 1.807) is 36.5 Å². The molecule has 3 atom stereocenters. The Morgan fingerprint density at radius 1 is 1.46 bits per heavy atom. The molecule has 9 heteroatoms. The first-order valence-corrected chi connectivity index (χ1v) is 9.24.